The minimum Gasteiger partial charge on any atom is -0.374 e. The summed E-state index contributed by atoms with van der Waals surface area (Å²) in [5.74, 6) is 0. The lowest BCUT2D eigenvalue weighted by Gasteiger charge is -2.28. The first-order chi connectivity index (χ1) is 19.2. The maximum atomic E-state index is 10.2. The van der Waals surface area contributed by atoms with Gasteiger partial charge in [0.2, 0.25) is 0 Å². The smallest absolute Gasteiger partial charge is 0.332 e. The summed E-state index contributed by atoms with van der Waals surface area (Å²) >= 11 is 0. The van der Waals surface area contributed by atoms with Crippen molar-refractivity contribution in [3.05, 3.63) is 120 Å². The molecule has 0 saturated carbocycles. The van der Waals surface area contributed by atoms with E-state index in [0.29, 0.717) is 16.8 Å². The Morgan fingerprint density at radius 3 is 1.92 bits per heavy atom. The fourth-order valence-corrected chi connectivity index (χ4v) is 6.58. The molecule has 1 aliphatic rings. The molecule has 0 radical (unpaired) electrons. The number of hydrogen-bond donors (Lipinski definition) is 0. The second kappa shape index (κ2) is 7.62. The molecule has 6 heteroatoms. The summed E-state index contributed by atoms with van der Waals surface area (Å²) in [5.41, 5.74) is 8.67. The molecule has 8 rings (SSSR count). The Morgan fingerprint density at radius 1 is 0.641 bits per heavy atom. The van der Waals surface area contributed by atoms with Gasteiger partial charge in [0.15, 0.2) is 5.69 Å². The molecular weight excluding hydrogens is 477 g/mol. The molecule has 0 atom stereocenters. The molecule has 7 aromatic rings. The Kier molecular flexibility index (Phi) is 4.17. The Labute approximate surface area is 223 Å². The molecule has 0 amide bonds. The van der Waals surface area contributed by atoms with Crippen LogP contribution in [0.3, 0.4) is 0 Å². The van der Waals surface area contributed by atoms with Gasteiger partial charge in [0.05, 0.1) is 34.2 Å². The number of nitrogens with zero attached hydrogens (tertiary/aromatic N) is 5. The quantitative estimate of drug-likeness (QED) is 0.203. The molecule has 176 valence electrons. The van der Waals surface area contributed by atoms with Crippen LogP contribution in [-0.4, -0.2) is 15.9 Å². The first-order valence-corrected chi connectivity index (χ1v) is 12.6. The number of rotatable bonds is 1. The molecule has 0 unspecified atom stereocenters. The predicted octanol–water partition coefficient (Wildman–Crippen LogP) is 6.15. The molecule has 3 heterocycles. The van der Waals surface area contributed by atoms with Crippen molar-refractivity contribution in [3.63, 3.8) is 0 Å². The molecule has 39 heavy (non-hydrogen) atoms. The number of hydrogen-bond acceptors (Lipinski definition) is 2. The van der Waals surface area contributed by atoms with Crippen LogP contribution in [0, 0.1) is 29.2 Å². The van der Waals surface area contributed by atoms with Crippen LogP contribution in [0.1, 0.15) is 11.1 Å². The van der Waals surface area contributed by atoms with Crippen molar-refractivity contribution < 1.29 is 0 Å². The highest BCUT2D eigenvalue weighted by atomic mass is 15.0. The van der Waals surface area contributed by atoms with Gasteiger partial charge in [-0.15, -0.1) is 0 Å². The maximum absolute atomic E-state index is 10.2. The molecule has 2 aromatic heterocycles. The standard InChI is InChI=1S/C33H16BN5/c1-37-22-15-16-23-24-11-6-13-28-33(24)38(30(23)17-22)29-14-3-2-12-27(29)34(28)39-31-20(18-35)7-4-9-25(31)26-10-5-8-21(19-36)32(26)39/h2-17H. The lowest BCUT2D eigenvalue weighted by molar-refractivity contribution is 1.18. The van der Waals surface area contributed by atoms with Gasteiger partial charge in [-0.3, -0.25) is 0 Å². The lowest BCUT2D eigenvalue weighted by atomic mass is 9.48. The molecule has 0 spiro atoms. The second-order valence-corrected chi connectivity index (χ2v) is 9.85. The zero-order valence-corrected chi connectivity index (χ0v) is 20.6. The highest BCUT2D eigenvalue weighted by Gasteiger charge is 2.36. The van der Waals surface area contributed by atoms with Crippen LogP contribution in [0.4, 0.5) is 5.69 Å². The van der Waals surface area contributed by atoms with E-state index in [1.807, 2.05) is 66.7 Å². The van der Waals surface area contributed by atoms with E-state index in [0.717, 1.165) is 60.2 Å². The second-order valence-electron chi connectivity index (χ2n) is 9.85. The molecule has 0 fully saturated rings. The third kappa shape index (κ3) is 2.61. The zero-order chi connectivity index (χ0) is 26.2. The van der Waals surface area contributed by atoms with Crippen LogP contribution in [0.15, 0.2) is 97.1 Å². The van der Waals surface area contributed by atoms with Gasteiger partial charge in [0.25, 0.3) is 0 Å². The van der Waals surface area contributed by atoms with Crippen molar-refractivity contribution >= 4 is 67.1 Å². The summed E-state index contributed by atoms with van der Waals surface area (Å²) in [6.07, 6.45) is 0. The highest BCUT2D eigenvalue weighted by Crippen LogP contribution is 2.38. The van der Waals surface area contributed by atoms with Gasteiger partial charge < -0.3 is 9.05 Å². The van der Waals surface area contributed by atoms with Crippen LogP contribution in [0.2, 0.25) is 0 Å². The Bertz CT molecular complexity index is 2260. The number of benzene rings is 5. The van der Waals surface area contributed by atoms with Crippen molar-refractivity contribution in [2.45, 2.75) is 0 Å². The Balaban J connectivity index is 1.63. The van der Waals surface area contributed by atoms with E-state index < -0.39 is 0 Å². The van der Waals surface area contributed by atoms with Gasteiger partial charge in [-0.1, -0.05) is 72.8 Å². The third-order valence-electron chi connectivity index (χ3n) is 8.04. The van der Waals surface area contributed by atoms with Crippen LogP contribution in [0.5, 0.6) is 0 Å². The van der Waals surface area contributed by atoms with Crippen molar-refractivity contribution in [2.24, 2.45) is 0 Å². The molecule has 0 aliphatic carbocycles. The first kappa shape index (κ1) is 21.3. The summed E-state index contributed by atoms with van der Waals surface area (Å²) in [6, 6.07) is 37.0. The highest BCUT2D eigenvalue weighted by molar-refractivity contribution is 6.88. The molecule has 0 bridgehead atoms. The number of para-hydroxylation sites is 4. The summed E-state index contributed by atoms with van der Waals surface area (Å²) in [6.45, 7) is 7.33. The number of nitriles is 2. The average Bonchev–Trinajstić information content (AvgIpc) is 3.51. The van der Waals surface area contributed by atoms with E-state index in [9.17, 15) is 10.5 Å². The van der Waals surface area contributed by atoms with E-state index >= 15 is 0 Å². The maximum Gasteiger partial charge on any atom is 0.332 e. The summed E-state index contributed by atoms with van der Waals surface area (Å²) in [5, 5.41) is 24.5. The molecule has 0 N–H and O–H groups in total. The molecule has 5 aromatic carbocycles. The minimum absolute atomic E-state index is 0.272. The lowest BCUT2D eigenvalue weighted by Crippen LogP contribution is -2.53. The van der Waals surface area contributed by atoms with Gasteiger partial charge in [-0.2, -0.15) is 10.5 Å². The van der Waals surface area contributed by atoms with Crippen LogP contribution < -0.4 is 10.9 Å². The molecule has 5 nitrogen and oxygen atoms in total. The van der Waals surface area contributed by atoms with Crippen LogP contribution >= 0.6 is 0 Å². The Morgan fingerprint density at radius 2 is 1.26 bits per heavy atom. The van der Waals surface area contributed by atoms with Crippen molar-refractivity contribution in [1.29, 1.82) is 10.5 Å². The monoisotopic (exact) mass is 493 g/mol. The zero-order valence-electron chi connectivity index (χ0n) is 20.6. The van der Waals surface area contributed by atoms with Gasteiger partial charge in [0, 0.05) is 32.7 Å². The first-order valence-electron chi connectivity index (χ1n) is 12.6. The van der Waals surface area contributed by atoms with E-state index in [1.165, 1.54) is 0 Å². The van der Waals surface area contributed by atoms with E-state index in [2.05, 4.69) is 56.4 Å². The summed E-state index contributed by atoms with van der Waals surface area (Å²) < 4.78 is 4.48. The SMILES string of the molecule is [C-]#[N+]c1ccc2c3cccc4c3n(c2c1)-c1ccccc1B4n1c2c(C#N)cccc2c2cccc(C#N)c21. The predicted molar refractivity (Wildman–Crippen MR) is 156 cm³/mol. The number of aromatic nitrogens is 2. The summed E-state index contributed by atoms with van der Waals surface area (Å²) in [4.78, 5) is 3.70. The Hall–Kier alpha value is -5.77. The van der Waals surface area contributed by atoms with Crippen molar-refractivity contribution in [3.8, 4) is 17.8 Å². The minimum atomic E-state index is -0.272. The number of fused-ring (bicyclic) bond motifs is 8. The fraction of sp³-hybridized carbons (Fsp3) is 0. The van der Waals surface area contributed by atoms with Gasteiger partial charge in [-0.05, 0) is 35.2 Å². The summed E-state index contributed by atoms with van der Waals surface area (Å²) in [7, 11) is 0. The van der Waals surface area contributed by atoms with Crippen LogP contribution in [0.25, 0.3) is 54.1 Å². The van der Waals surface area contributed by atoms with E-state index in [1.54, 1.807) is 0 Å². The van der Waals surface area contributed by atoms with Gasteiger partial charge >= 0.3 is 6.85 Å². The largest absolute Gasteiger partial charge is 0.374 e. The molecule has 1 aliphatic heterocycles. The van der Waals surface area contributed by atoms with Crippen molar-refractivity contribution in [1.82, 2.24) is 9.05 Å². The fourth-order valence-electron chi connectivity index (χ4n) is 6.58. The van der Waals surface area contributed by atoms with Crippen LogP contribution in [-0.2, 0) is 0 Å². The van der Waals surface area contributed by atoms with Crippen molar-refractivity contribution in [2.75, 3.05) is 0 Å². The average molecular weight is 493 g/mol. The van der Waals surface area contributed by atoms with E-state index in [-0.39, 0.29) is 6.85 Å². The molecular formula is C33H16BN5. The topological polar surface area (TPSA) is 61.8 Å². The molecule has 0 saturated heterocycles. The van der Waals surface area contributed by atoms with E-state index in [4.69, 9.17) is 6.57 Å². The van der Waals surface area contributed by atoms with Gasteiger partial charge in [-0.25, -0.2) is 4.85 Å². The van der Waals surface area contributed by atoms with Gasteiger partial charge in [0.1, 0.15) is 12.1 Å². The normalized spacial score (nSPS) is 12.0. The third-order valence-corrected chi connectivity index (χ3v) is 8.04.